The molecular formula is C25H28O2. The lowest BCUT2D eigenvalue weighted by molar-refractivity contribution is 0.340. The Kier molecular flexibility index (Phi) is 6.54. The zero-order valence-corrected chi connectivity index (χ0v) is 16.4. The smallest absolute Gasteiger partial charge is 0.127 e. The lowest BCUT2D eigenvalue weighted by Crippen LogP contribution is -2.09. The average molecular weight is 360 g/mol. The second kappa shape index (κ2) is 9.27. The van der Waals surface area contributed by atoms with Crippen LogP contribution in [0.4, 0.5) is 0 Å². The average Bonchev–Trinajstić information content (AvgIpc) is 2.69. The van der Waals surface area contributed by atoms with Crippen molar-refractivity contribution < 1.29 is 9.47 Å². The van der Waals surface area contributed by atoms with Crippen LogP contribution in [0.1, 0.15) is 37.8 Å². The first-order valence-electron chi connectivity index (χ1n) is 9.70. The Bertz CT molecular complexity index is 824. The molecule has 3 aromatic carbocycles. The van der Waals surface area contributed by atoms with Crippen LogP contribution in [0.2, 0.25) is 0 Å². The van der Waals surface area contributed by atoms with Gasteiger partial charge in [-0.25, -0.2) is 0 Å². The van der Waals surface area contributed by atoms with Crippen LogP contribution >= 0.6 is 0 Å². The van der Waals surface area contributed by atoms with E-state index in [9.17, 15) is 0 Å². The predicted octanol–water partition coefficient (Wildman–Crippen LogP) is 6.86. The van der Waals surface area contributed by atoms with E-state index < -0.39 is 0 Å². The highest BCUT2D eigenvalue weighted by Crippen LogP contribution is 2.30. The summed E-state index contributed by atoms with van der Waals surface area (Å²) in [4.78, 5) is 0. The van der Waals surface area contributed by atoms with Crippen LogP contribution in [0.5, 0.6) is 17.2 Å². The van der Waals surface area contributed by atoms with E-state index in [0.717, 1.165) is 23.7 Å². The van der Waals surface area contributed by atoms with E-state index in [0.29, 0.717) is 18.4 Å². The molecule has 0 fully saturated rings. The van der Waals surface area contributed by atoms with Gasteiger partial charge in [0.2, 0.25) is 0 Å². The number of para-hydroxylation sites is 1. The first-order chi connectivity index (χ1) is 13.2. The third-order valence-corrected chi connectivity index (χ3v) is 5.01. The minimum absolute atomic E-state index is 0.472. The Morgan fingerprint density at radius 1 is 0.741 bits per heavy atom. The Morgan fingerprint density at radius 2 is 1.44 bits per heavy atom. The fourth-order valence-corrected chi connectivity index (χ4v) is 3.27. The lowest BCUT2D eigenvalue weighted by Gasteiger charge is -2.21. The largest absolute Gasteiger partial charge is 0.494 e. The van der Waals surface area contributed by atoms with Crippen LogP contribution in [0.15, 0.2) is 78.9 Å². The third-order valence-electron chi connectivity index (χ3n) is 5.01. The van der Waals surface area contributed by atoms with Crippen molar-refractivity contribution in [3.05, 3.63) is 90.0 Å². The minimum Gasteiger partial charge on any atom is -0.494 e. The molecule has 0 radical (unpaired) electrons. The molecule has 0 aliphatic heterocycles. The van der Waals surface area contributed by atoms with Crippen LogP contribution in [-0.4, -0.2) is 6.61 Å². The fraction of sp³-hybridized carbons (Fsp3) is 0.280. The maximum atomic E-state index is 5.97. The van der Waals surface area contributed by atoms with Gasteiger partial charge in [0.15, 0.2) is 0 Å². The van der Waals surface area contributed by atoms with Crippen LogP contribution < -0.4 is 9.47 Å². The molecule has 0 aliphatic carbocycles. The molecule has 3 aromatic rings. The van der Waals surface area contributed by atoms with Crippen molar-refractivity contribution in [1.29, 1.82) is 0 Å². The third kappa shape index (κ3) is 5.37. The van der Waals surface area contributed by atoms with Crippen LogP contribution in [-0.2, 0) is 6.42 Å². The van der Waals surface area contributed by atoms with Gasteiger partial charge in [0.25, 0.3) is 0 Å². The van der Waals surface area contributed by atoms with E-state index in [4.69, 9.17) is 9.47 Å². The summed E-state index contributed by atoms with van der Waals surface area (Å²) in [5.74, 6) is 3.69. The van der Waals surface area contributed by atoms with E-state index in [-0.39, 0.29) is 0 Å². The van der Waals surface area contributed by atoms with Gasteiger partial charge in [-0.05, 0) is 72.7 Å². The van der Waals surface area contributed by atoms with Gasteiger partial charge in [-0.15, -0.1) is 0 Å². The number of hydrogen-bond donors (Lipinski definition) is 0. The molecule has 2 atom stereocenters. The molecule has 2 heteroatoms. The van der Waals surface area contributed by atoms with Crippen molar-refractivity contribution in [2.45, 2.75) is 33.1 Å². The van der Waals surface area contributed by atoms with Crippen molar-refractivity contribution in [3.8, 4) is 17.2 Å². The molecule has 0 saturated carbocycles. The summed E-state index contributed by atoms with van der Waals surface area (Å²) in [7, 11) is 0. The SMILES string of the molecule is CCOc1ccc(C(C)C(C)Cc2cccc(Oc3ccccc3)c2)cc1. The van der Waals surface area contributed by atoms with Gasteiger partial charge in [-0.1, -0.05) is 56.3 Å². The molecule has 27 heavy (non-hydrogen) atoms. The molecule has 0 bridgehead atoms. The van der Waals surface area contributed by atoms with E-state index in [2.05, 4.69) is 56.3 Å². The quantitative estimate of drug-likeness (QED) is 0.437. The van der Waals surface area contributed by atoms with E-state index in [1.807, 2.05) is 43.3 Å². The molecule has 0 saturated heterocycles. The predicted molar refractivity (Wildman–Crippen MR) is 112 cm³/mol. The number of ether oxygens (including phenoxy) is 2. The summed E-state index contributed by atoms with van der Waals surface area (Å²) >= 11 is 0. The number of rotatable bonds is 8. The van der Waals surface area contributed by atoms with Crippen molar-refractivity contribution in [3.63, 3.8) is 0 Å². The molecule has 0 aromatic heterocycles. The van der Waals surface area contributed by atoms with Gasteiger partial charge in [0.05, 0.1) is 6.61 Å². The van der Waals surface area contributed by atoms with Gasteiger partial charge < -0.3 is 9.47 Å². The summed E-state index contributed by atoms with van der Waals surface area (Å²) in [6.07, 6.45) is 1.01. The van der Waals surface area contributed by atoms with Crippen molar-refractivity contribution in [1.82, 2.24) is 0 Å². The zero-order valence-electron chi connectivity index (χ0n) is 16.4. The van der Waals surface area contributed by atoms with Crippen molar-refractivity contribution in [2.24, 2.45) is 5.92 Å². The van der Waals surface area contributed by atoms with Crippen LogP contribution in [0.25, 0.3) is 0 Å². The molecule has 140 valence electrons. The normalized spacial score (nSPS) is 13.0. The fourth-order valence-electron chi connectivity index (χ4n) is 3.27. The van der Waals surface area contributed by atoms with Gasteiger partial charge in [0.1, 0.15) is 17.2 Å². The summed E-state index contributed by atoms with van der Waals surface area (Å²) in [5, 5.41) is 0. The molecule has 0 N–H and O–H groups in total. The summed E-state index contributed by atoms with van der Waals surface area (Å²) < 4.78 is 11.5. The van der Waals surface area contributed by atoms with Gasteiger partial charge >= 0.3 is 0 Å². The second-order valence-electron chi connectivity index (χ2n) is 7.03. The molecule has 0 amide bonds. The topological polar surface area (TPSA) is 18.5 Å². The highest BCUT2D eigenvalue weighted by atomic mass is 16.5. The standard InChI is InChI=1S/C25H28O2/c1-4-26-23-15-13-22(14-16-23)20(3)19(2)17-21-9-8-12-25(18-21)27-24-10-6-5-7-11-24/h5-16,18-20H,4,17H2,1-3H3. The van der Waals surface area contributed by atoms with E-state index in [1.54, 1.807) is 0 Å². The molecule has 0 aliphatic rings. The van der Waals surface area contributed by atoms with Gasteiger partial charge in [-0.2, -0.15) is 0 Å². The second-order valence-corrected chi connectivity index (χ2v) is 7.03. The van der Waals surface area contributed by atoms with E-state index in [1.165, 1.54) is 11.1 Å². The van der Waals surface area contributed by atoms with Crippen molar-refractivity contribution in [2.75, 3.05) is 6.61 Å². The van der Waals surface area contributed by atoms with Crippen LogP contribution in [0.3, 0.4) is 0 Å². The van der Waals surface area contributed by atoms with Gasteiger partial charge in [-0.3, -0.25) is 0 Å². The maximum Gasteiger partial charge on any atom is 0.127 e. The number of benzene rings is 3. The lowest BCUT2D eigenvalue weighted by atomic mass is 9.85. The molecule has 0 heterocycles. The molecule has 2 nitrogen and oxygen atoms in total. The Labute approximate surface area is 162 Å². The first kappa shape index (κ1) is 19.0. The molecule has 2 unspecified atom stereocenters. The van der Waals surface area contributed by atoms with Gasteiger partial charge in [0, 0.05) is 0 Å². The Hall–Kier alpha value is -2.74. The highest BCUT2D eigenvalue weighted by molar-refractivity contribution is 5.34. The summed E-state index contributed by atoms with van der Waals surface area (Å²) in [5.41, 5.74) is 2.65. The molecule has 3 rings (SSSR count). The zero-order chi connectivity index (χ0) is 19.1. The summed E-state index contributed by atoms with van der Waals surface area (Å²) in [6.45, 7) is 7.32. The maximum absolute atomic E-state index is 5.97. The Balaban J connectivity index is 1.64. The van der Waals surface area contributed by atoms with Crippen LogP contribution in [0, 0.1) is 5.92 Å². The van der Waals surface area contributed by atoms with E-state index >= 15 is 0 Å². The first-order valence-corrected chi connectivity index (χ1v) is 9.70. The van der Waals surface area contributed by atoms with Crippen molar-refractivity contribution >= 4 is 0 Å². The number of hydrogen-bond acceptors (Lipinski definition) is 2. The molecular weight excluding hydrogens is 332 g/mol. The Morgan fingerprint density at radius 3 is 2.15 bits per heavy atom. The highest BCUT2D eigenvalue weighted by Gasteiger charge is 2.15. The summed E-state index contributed by atoms with van der Waals surface area (Å²) in [6, 6.07) is 26.8. The minimum atomic E-state index is 0.472. The molecule has 0 spiro atoms. The monoisotopic (exact) mass is 360 g/mol.